The van der Waals surface area contributed by atoms with Gasteiger partial charge in [0.1, 0.15) is 6.54 Å². The lowest BCUT2D eigenvalue weighted by Gasteiger charge is -2.28. The summed E-state index contributed by atoms with van der Waals surface area (Å²) in [5.41, 5.74) is 0.377. The van der Waals surface area contributed by atoms with Crippen LogP contribution in [0.25, 0.3) is 0 Å². The topological polar surface area (TPSA) is 81.1 Å². The Kier molecular flexibility index (Phi) is 6.71. The molecule has 0 aliphatic heterocycles. The van der Waals surface area contributed by atoms with E-state index in [1.807, 2.05) is 0 Å². The fourth-order valence-electron chi connectivity index (χ4n) is 1.76. The molecular weight excluding hydrogens is 296 g/mol. The lowest BCUT2D eigenvalue weighted by molar-refractivity contribution is -0.135. The number of halogens is 1. The van der Waals surface area contributed by atoms with Gasteiger partial charge in [0.25, 0.3) is 0 Å². The van der Waals surface area contributed by atoms with Gasteiger partial charge in [-0.15, -0.1) is 6.58 Å². The van der Waals surface area contributed by atoms with Crippen LogP contribution in [0.5, 0.6) is 0 Å². The van der Waals surface area contributed by atoms with E-state index in [9.17, 15) is 9.59 Å². The van der Waals surface area contributed by atoms with Crippen molar-refractivity contribution in [2.45, 2.75) is 0 Å². The van der Waals surface area contributed by atoms with Crippen LogP contribution >= 0.6 is 11.6 Å². The van der Waals surface area contributed by atoms with E-state index in [1.54, 1.807) is 18.2 Å². The highest BCUT2D eigenvalue weighted by Gasteiger charge is 2.23. The summed E-state index contributed by atoms with van der Waals surface area (Å²) in [6.45, 7) is 3.10. The van der Waals surface area contributed by atoms with Crippen LogP contribution in [0, 0.1) is 0 Å². The fourth-order valence-corrected chi connectivity index (χ4v) is 1.95. The smallest absolute Gasteiger partial charge is 0.325 e. The molecule has 0 heterocycles. The Balaban J connectivity index is 3.08. The van der Waals surface area contributed by atoms with Gasteiger partial charge in [0.2, 0.25) is 0 Å². The highest BCUT2D eigenvalue weighted by Crippen LogP contribution is 2.20. The molecule has 2 N–H and O–H groups in total. The van der Waals surface area contributed by atoms with Crippen molar-refractivity contribution in [1.29, 1.82) is 0 Å². The quantitative estimate of drug-likeness (QED) is 0.753. The third-order valence-corrected chi connectivity index (χ3v) is 2.87. The summed E-state index contributed by atoms with van der Waals surface area (Å²) in [7, 11) is 0. The maximum Gasteiger partial charge on any atom is 0.325 e. The van der Waals surface area contributed by atoms with Crippen molar-refractivity contribution >= 4 is 29.3 Å². The van der Waals surface area contributed by atoms with Gasteiger partial charge in [-0.1, -0.05) is 23.7 Å². The van der Waals surface area contributed by atoms with Crippen molar-refractivity contribution in [3.63, 3.8) is 0 Å². The molecule has 0 spiro atoms. The van der Waals surface area contributed by atoms with Crippen LogP contribution in [0.4, 0.5) is 10.5 Å². The van der Waals surface area contributed by atoms with Crippen molar-refractivity contribution in [3.8, 4) is 0 Å². The Bertz CT molecular complexity index is 521. The third-order valence-electron chi connectivity index (χ3n) is 2.63. The normalized spacial score (nSPS) is 10.0. The van der Waals surface area contributed by atoms with Crippen molar-refractivity contribution in [2.24, 2.45) is 0 Å². The van der Waals surface area contributed by atoms with Crippen LogP contribution in [-0.4, -0.2) is 53.4 Å². The minimum atomic E-state index is -1.15. The third kappa shape index (κ3) is 5.09. The molecule has 2 amide bonds. The number of nitrogens with zero attached hydrogens (tertiary/aromatic N) is 2. The summed E-state index contributed by atoms with van der Waals surface area (Å²) in [5.74, 6) is -1.15. The number of amides is 2. The van der Waals surface area contributed by atoms with Gasteiger partial charge in [0.05, 0.1) is 6.61 Å². The van der Waals surface area contributed by atoms with Gasteiger partial charge in [-0.2, -0.15) is 0 Å². The van der Waals surface area contributed by atoms with E-state index in [0.717, 1.165) is 4.90 Å². The fraction of sp³-hybridized carbons (Fsp3) is 0.286. The number of aliphatic hydroxyl groups excluding tert-OH is 1. The summed E-state index contributed by atoms with van der Waals surface area (Å²) in [6, 6.07) is 5.83. The SMILES string of the molecule is C=CCN(CCO)C(=O)N(CC(=O)O)c1cccc(Cl)c1. The standard InChI is InChI=1S/C14H17ClN2O4/c1-2-6-16(7-8-18)14(21)17(10-13(19)20)12-5-3-4-11(15)9-12/h2-5,9,18H,1,6-8,10H2,(H,19,20). The van der Waals surface area contributed by atoms with Crippen molar-refractivity contribution in [2.75, 3.05) is 31.1 Å². The molecular formula is C14H17ClN2O4. The van der Waals surface area contributed by atoms with E-state index in [2.05, 4.69) is 6.58 Å². The summed E-state index contributed by atoms with van der Waals surface area (Å²) in [6.07, 6.45) is 1.50. The maximum absolute atomic E-state index is 12.5. The second-order valence-corrected chi connectivity index (χ2v) is 4.64. The number of anilines is 1. The predicted octanol–water partition coefficient (Wildman–Crippen LogP) is 1.83. The molecule has 1 rings (SSSR count). The zero-order valence-electron chi connectivity index (χ0n) is 11.4. The first-order valence-corrected chi connectivity index (χ1v) is 6.63. The number of hydrogen-bond acceptors (Lipinski definition) is 3. The molecule has 0 aliphatic carbocycles. The zero-order chi connectivity index (χ0) is 15.8. The number of carboxylic acids is 1. The van der Waals surface area contributed by atoms with E-state index in [-0.39, 0.29) is 19.7 Å². The first-order valence-electron chi connectivity index (χ1n) is 6.25. The maximum atomic E-state index is 12.5. The molecule has 0 radical (unpaired) electrons. The second kappa shape index (κ2) is 8.28. The van der Waals surface area contributed by atoms with Gasteiger partial charge in [-0.3, -0.25) is 9.69 Å². The summed E-state index contributed by atoms with van der Waals surface area (Å²) < 4.78 is 0. The van der Waals surface area contributed by atoms with Crippen molar-refractivity contribution in [3.05, 3.63) is 41.9 Å². The van der Waals surface area contributed by atoms with Crippen molar-refractivity contribution < 1.29 is 19.8 Å². The summed E-state index contributed by atoms with van der Waals surface area (Å²) in [5, 5.41) is 18.4. The van der Waals surface area contributed by atoms with Crippen LogP contribution in [0.15, 0.2) is 36.9 Å². The Morgan fingerprint density at radius 1 is 1.38 bits per heavy atom. The van der Waals surface area contributed by atoms with E-state index in [0.29, 0.717) is 10.7 Å². The number of urea groups is 1. The van der Waals surface area contributed by atoms with E-state index < -0.39 is 18.5 Å². The van der Waals surface area contributed by atoms with Gasteiger partial charge in [0, 0.05) is 23.8 Å². The lowest BCUT2D eigenvalue weighted by Crippen LogP contribution is -2.46. The molecule has 114 valence electrons. The molecule has 0 saturated heterocycles. The lowest BCUT2D eigenvalue weighted by atomic mass is 10.3. The average Bonchev–Trinajstić information content (AvgIpc) is 2.43. The van der Waals surface area contributed by atoms with Crippen molar-refractivity contribution in [1.82, 2.24) is 4.90 Å². The number of hydrogen-bond donors (Lipinski definition) is 2. The van der Waals surface area contributed by atoms with E-state index >= 15 is 0 Å². The Hall–Kier alpha value is -2.05. The summed E-state index contributed by atoms with van der Waals surface area (Å²) in [4.78, 5) is 25.8. The number of aliphatic hydroxyl groups is 1. The van der Waals surface area contributed by atoms with Crippen LogP contribution in [0.2, 0.25) is 5.02 Å². The average molecular weight is 313 g/mol. The largest absolute Gasteiger partial charge is 0.480 e. The zero-order valence-corrected chi connectivity index (χ0v) is 12.2. The first-order chi connectivity index (χ1) is 9.99. The number of aliphatic carboxylic acids is 1. The van der Waals surface area contributed by atoms with Crippen LogP contribution in [-0.2, 0) is 4.79 Å². The molecule has 0 unspecified atom stereocenters. The van der Waals surface area contributed by atoms with Crippen LogP contribution < -0.4 is 4.90 Å². The molecule has 0 aliphatic rings. The first kappa shape index (κ1) is 17.0. The molecule has 7 heteroatoms. The molecule has 0 bridgehead atoms. The van der Waals surface area contributed by atoms with E-state index in [1.165, 1.54) is 17.0 Å². The van der Waals surface area contributed by atoms with E-state index in [4.69, 9.17) is 21.8 Å². The van der Waals surface area contributed by atoms with Gasteiger partial charge in [-0.25, -0.2) is 4.79 Å². The Morgan fingerprint density at radius 3 is 2.62 bits per heavy atom. The molecule has 21 heavy (non-hydrogen) atoms. The molecule has 1 aromatic rings. The number of carbonyl (C=O) groups excluding carboxylic acids is 1. The second-order valence-electron chi connectivity index (χ2n) is 4.20. The minimum Gasteiger partial charge on any atom is -0.480 e. The minimum absolute atomic E-state index is 0.0849. The predicted molar refractivity (Wildman–Crippen MR) is 80.7 cm³/mol. The number of carboxylic acid groups (broad SMARTS) is 1. The number of rotatable bonds is 7. The van der Waals surface area contributed by atoms with Gasteiger partial charge in [0.15, 0.2) is 0 Å². The van der Waals surface area contributed by atoms with Gasteiger partial charge in [-0.05, 0) is 18.2 Å². The van der Waals surface area contributed by atoms with Crippen LogP contribution in [0.3, 0.4) is 0 Å². The summed E-state index contributed by atoms with van der Waals surface area (Å²) >= 11 is 5.88. The Morgan fingerprint density at radius 2 is 2.10 bits per heavy atom. The molecule has 0 fully saturated rings. The number of carbonyl (C=O) groups is 2. The highest BCUT2D eigenvalue weighted by atomic mass is 35.5. The van der Waals surface area contributed by atoms with Gasteiger partial charge < -0.3 is 15.1 Å². The molecule has 0 aromatic heterocycles. The molecule has 0 saturated carbocycles. The molecule has 0 atom stereocenters. The molecule has 6 nitrogen and oxygen atoms in total. The number of benzene rings is 1. The molecule has 1 aromatic carbocycles. The highest BCUT2D eigenvalue weighted by molar-refractivity contribution is 6.30. The van der Waals surface area contributed by atoms with Gasteiger partial charge >= 0.3 is 12.0 Å². The monoisotopic (exact) mass is 312 g/mol. The Labute approximate surface area is 127 Å². The van der Waals surface area contributed by atoms with Crippen LogP contribution in [0.1, 0.15) is 0 Å².